The first-order valence-electron chi connectivity index (χ1n) is 8.62. The van der Waals surface area contributed by atoms with Crippen molar-refractivity contribution >= 4 is 55.1 Å². The van der Waals surface area contributed by atoms with E-state index in [0.29, 0.717) is 28.7 Å². The Bertz CT molecular complexity index is 1090. The molecular formula is C23H16Br2ClNO2. The van der Waals surface area contributed by atoms with E-state index in [4.69, 9.17) is 21.1 Å². The predicted molar refractivity (Wildman–Crippen MR) is 124 cm³/mol. The topological polar surface area (TPSA) is 42.2 Å². The highest BCUT2D eigenvalue weighted by Crippen LogP contribution is 2.38. The summed E-state index contributed by atoms with van der Waals surface area (Å²) in [7, 11) is 1.58. The zero-order valence-electron chi connectivity index (χ0n) is 15.5. The van der Waals surface area contributed by atoms with Gasteiger partial charge in [0.1, 0.15) is 6.61 Å². The number of nitrogens with zero attached hydrogens (tertiary/aromatic N) is 1. The Morgan fingerprint density at radius 3 is 2.52 bits per heavy atom. The van der Waals surface area contributed by atoms with Gasteiger partial charge in [-0.3, -0.25) is 0 Å². The summed E-state index contributed by atoms with van der Waals surface area (Å²) in [4.78, 5) is 0. The third-order valence-electron chi connectivity index (χ3n) is 4.11. The fourth-order valence-electron chi connectivity index (χ4n) is 2.72. The van der Waals surface area contributed by atoms with Gasteiger partial charge in [-0.25, -0.2) is 0 Å². The number of hydrogen-bond donors (Lipinski definition) is 0. The normalized spacial score (nSPS) is 11.1. The van der Waals surface area contributed by atoms with Crippen LogP contribution < -0.4 is 9.47 Å². The summed E-state index contributed by atoms with van der Waals surface area (Å²) < 4.78 is 13.2. The maximum atomic E-state index is 9.58. The molecular weight excluding hydrogens is 518 g/mol. The molecule has 3 aromatic rings. The van der Waals surface area contributed by atoms with Gasteiger partial charge in [-0.05, 0) is 75.1 Å². The number of benzene rings is 3. The highest BCUT2D eigenvalue weighted by atomic mass is 79.9. The van der Waals surface area contributed by atoms with Gasteiger partial charge in [0.2, 0.25) is 0 Å². The minimum Gasteiger partial charge on any atom is -0.493 e. The highest BCUT2D eigenvalue weighted by molar-refractivity contribution is 9.10. The second kappa shape index (κ2) is 9.98. The van der Waals surface area contributed by atoms with Crippen LogP contribution in [0.1, 0.15) is 16.7 Å². The summed E-state index contributed by atoms with van der Waals surface area (Å²) in [6.07, 6.45) is 1.82. The second-order valence-corrected chi connectivity index (χ2v) is 8.34. The monoisotopic (exact) mass is 531 g/mol. The van der Waals surface area contributed by atoms with Gasteiger partial charge >= 0.3 is 0 Å². The molecule has 0 saturated heterocycles. The molecule has 0 spiro atoms. The molecule has 0 bridgehead atoms. The third-order valence-corrected chi connectivity index (χ3v) is 5.46. The molecule has 0 radical (unpaired) electrons. The lowest BCUT2D eigenvalue weighted by molar-refractivity contribution is 0.282. The molecule has 0 atom stereocenters. The van der Waals surface area contributed by atoms with Gasteiger partial charge in [-0.2, -0.15) is 5.26 Å². The smallest absolute Gasteiger partial charge is 0.175 e. The Labute approximate surface area is 191 Å². The zero-order chi connectivity index (χ0) is 20.8. The van der Waals surface area contributed by atoms with E-state index in [-0.39, 0.29) is 0 Å². The molecule has 3 nitrogen and oxygen atoms in total. The molecule has 0 unspecified atom stereocenters. The largest absolute Gasteiger partial charge is 0.493 e. The number of hydrogen-bond acceptors (Lipinski definition) is 3. The van der Waals surface area contributed by atoms with Crippen molar-refractivity contribution in [1.29, 1.82) is 5.26 Å². The van der Waals surface area contributed by atoms with E-state index in [1.54, 1.807) is 7.11 Å². The molecule has 3 rings (SSSR count). The van der Waals surface area contributed by atoms with E-state index < -0.39 is 0 Å². The molecule has 0 aliphatic carbocycles. The van der Waals surface area contributed by atoms with Crippen LogP contribution in [0.25, 0.3) is 11.6 Å². The standard InChI is InChI=1S/C23H16Br2ClNO2/c1-28-22-12-16(9-18(13-27)17-5-7-19(24)8-6-17)11-21(25)23(22)29-14-15-3-2-4-20(26)10-15/h2-12H,14H2,1H3/b18-9+. The van der Waals surface area contributed by atoms with Gasteiger partial charge in [0.25, 0.3) is 0 Å². The molecule has 146 valence electrons. The van der Waals surface area contributed by atoms with E-state index in [0.717, 1.165) is 25.6 Å². The maximum absolute atomic E-state index is 9.58. The van der Waals surface area contributed by atoms with Gasteiger partial charge in [-0.1, -0.05) is 51.8 Å². The Hall–Kier alpha value is -2.26. The first-order chi connectivity index (χ1) is 14.0. The average molecular weight is 534 g/mol. The molecule has 0 aliphatic rings. The maximum Gasteiger partial charge on any atom is 0.175 e. The molecule has 29 heavy (non-hydrogen) atoms. The van der Waals surface area contributed by atoms with Crippen molar-refractivity contribution in [1.82, 2.24) is 0 Å². The first-order valence-corrected chi connectivity index (χ1v) is 10.6. The van der Waals surface area contributed by atoms with Crippen molar-refractivity contribution in [3.05, 3.63) is 91.3 Å². The summed E-state index contributed by atoms with van der Waals surface area (Å²) >= 11 is 13.0. The zero-order valence-corrected chi connectivity index (χ0v) is 19.4. The Balaban J connectivity index is 1.89. The summed E-state index contributed by atoms with van der Waals surface area (Å²) in [5.41, 5.74) is 3.17. The Kier molecular flexibility index (Phi) is 7.38. The lowest BCUT2D eigenvalue weighted by Crippen LogP contribution is -1.99. The van der Waals surface area contributed by atoms with Crippen LogP contribution in [0.4, 0.5) is 0 Å². The van der Waals surface area contributed by atoms with Gasteiger partial charge in [-0.15, -0.1) is 0 Å². The van der Waals surface area contributed by atoms with Crippen LogP contribution in [0, 0.1) is 11.3 Å². The fraction of sp³-hybridized carbons (Fsp3) is 0.0870. The molecule has 0 heterocycles. The minimum absolute atomic E-state index is 0.354. The van der Waals surface area contributed by atoms with Crippen LogP contribution in [0.5, 0.6) is 11.5 Å². The minimum atomic E-state index is 0.354. The van der Waals surface area contributed by atoms with E-state index >= 15 is 0 Å². The lowest BCUT2D eigenvalue weighted by Gasteiger charge is -2.14. The first kappa shape index (κ1) is 21.4. The van der Waals surface area contributed by atoms with Crippen molar-refractivity contribution < 1.29 is 9.47 Å². The SMILES string of the molecule is COc1cc(/C=C(\C#N)c2ccc(Br)cc2)cc(Br)c1OCc1cccc(Cl)c1. The molecule has 0 amide bonds. The van der Waals surface area contributed by atoms with Crippen LogP contribution in [0.15, 0.2) is 69.6 Å². The summed E-state index contributed by atoms with van der Waals surface area (Å²) in [5.74, 6) is 1.16. The van der Waals surface area contributed by atoms with Crippen LogP contribution in [-0.4, -0.2) is 7.11 Å². The summed E-state index contributed by atoms with van der Waals surface area (Å²) in [6.45, 7) is 0.354. The van der Waals surface area contributed by atoms with E-state index in [1.165, 1.54) is 0 Å². The molecule has 0 aliphatic heterocycles. The van der Waals surface area contributed by atoms with Crippen molar-refractivity contribution in [2.45, 2.75) is 6.61 Å². The molecule has 0 N–H and O–H groups in total. The van der Waals surface area contributed by atoms with Crippen molar-refractivity contribution in [3.63, 3.8) is 0 Å². The number of allylic oxidation sites excluding steroid dienone is 1. The van der Waals surface area contributed by atoms with E-state index in [9.17, 15) is 5.26 Å². The van der Waals surface area contributed by atoms with Crippen LogP contribution in [0.3, 0.4) is 0 Å². The fourth-order valence-corrected chi connectivity index (χ4v) is 3.77. The molecule has 0 aromatic heterocycles. The summed E-state index contributed by atoms with van der Waals surface area (Å²) in [6, 6.07) is 21.1. The number of halogens is 3. The Morgan fingerprint density at radius 2 is 1.86 bits per heavy atom. The predicted octanol–water partition coefficient (Wildman–Crippen LogP) is 7.52. The van der Waals surface area contributed by atoms with Crippen molar-refractivity contribution in [3.8, 4) is 17.6 Å². The number of methoxy groups -OCH3 is 1. The van der Waals surface area contributed by atoms with Crippen LogP contribution in [-0.2, 0) is 6.61 Å². The number of ether oxygens (including phenoxy) is 2. The van der Waals surface area contributed by atoms with Crippen LogP contribution in [0.2, 0.25) is 5.02 Å². The molecule has 0 saturated carbocycles. The number of nitriles is 1. The van der Waals surface area contributed by atoms with Crippen LogP contribution >= 0.6 is 43.5 Å². The quantitative estimate of drug-likeness (QED) is 0.243. The Morgan fingerprint density at radius 1 is 1.10 bits per heavy atom. The van der Waals surface area contributed by atoms with Gasteiger partial charge in [0, 0.05) is 9.50 Å². The highest BCUT2D eigenvalue weighted by Gasteiger charge is 2.12. The van der Waals surface area contributed by atoms with E-state index in [1.807, 2.05) is 66.7 Å². The lowest BCUT2D eigenvalue weighted by atomic mass is 10.0. The molecule has 0 fully saturated rings. The average Bonchev–Trinajstić information content (AvgIpc) is 2.71. The van der Waals surface area contributed by atoms with Crippen molar-refractivity contribution in [2.24, 2.45) is 0 Å². The molecule has 6 heteroatoms. The third kappa shape index (κ3) is 5.63. The van der Waals surface area contributed by atoms with E-state index in [2.05, 4.69) is 37.9 Å². The number of rotatable bonds is 6. The molecule has 3 aromatic carbocycles. The summed E-state index contributed by atoms with van der Waals surface area (Å²) in [5, 5.41) is 10.2. The van der Waals surface area contributed by atoms with Gasteiger partial charge < -0.3 is 9.47 Å². The van der Waals surface area contributed by atoms with Crippen molar-refractivity contribution in [2.75, 3.05) is 7.11 Å². The van der Waals surface area contributed by atoms with Gasteiger partial charge in [0.05, 0.1) is 23.2 Å². The second-order valence-electron chi connectivity index (χ2n) is 6.13. The van der Waals surface area contributed by atoms with Gasteiger partial charge in [0.15, 0.2) is 11.5 Å².